The van der Waals surface area contributed by atoms with Crippen LogP contribution in [0.4, 0.5) is 0 Å². The van der Waals surface area contributed by atoms with Gasteiger partial charge in [0.25, 0.3) is 0 Å². The van der Waals surface area contributed by atoms with Crippen LogP contribution in [0.5, 0.6) is 0 Å². The van der Waals surface area contributed by atoms with Gasteiger partial charge in [0.2, 0.25) is 5.91 Å². The molecule has 2 rings (SSSR count). The summed E-state index contributed by atoms with van der Waals surface area (Å²) in [4.78, 5) is 25.6. The Hall–Kier alpha value is -0.710. The number of rotatable bonds is 3. The second-order valence-corrected chi connectivity index (χ2v) is 7.37. The van der Waals surface area contributed by atoms with E-state index in [2.05, 4.69) is 6.26 Å². The maximum Gasteiger partial charge on any atom is 0.307 e. The Morgan fingerprint density at radius 3 is 2.42 bits per heavy atom. The molecule has 5 heteroatoms. The third-order valence-corrected chi connectivity index (χ3v) is 5.82. The van der Waals surface area contributed by atoms with Gasteiger partial charge in [-0.05, 0) is 30.9 Å². The van der Waals surface area contributed by atoms with Crippen molar-refractivity contribution in [2.45, 2.75) is 38.4 Å². The molecule has 3 atom stereocenters. The normalized spacial score (nSPS) is 33.6. The van der Waals surface area contributed by atoms with Gasteiger partial charge >= 0.3 is 5.97 Å². The highest BCUT2D eigenvalue weighted by Crippen LogP contribution is 2.59. The quantitative estimate of drug-likeness (QED) is 0.862. The Balaban J connectivity index is 1.99. The average Bonchev–Trinajstić information content (AvgIpc) is 3.00. The molecule has 19 heavy (non-hydrogen) atoms. The lowest BCUT2D eigenvalue weighted by Gasteiger charge is -2.21. The fraction of sp³-hybridized carbons (Fsp3) is 0.857. The second kappa shape index (κ2) is 5.35. The molecule has 0 aromatic rings. The average molecular weight is 285 g/mol. The van der Waals surface area contributed by atoms with E-state index < -0.39 is 11.9 Å². The summed E-state index contributed by atoms with van der Waals surface area (Å²) in [6.45, 7) is 5.34. The highest BCUT2D eigenvalue weighted by molar-refractivity contribution is 7.99. The maximum atomic E-state index is 12.5. The molecule has 1 unspecified atom stereocenters. The molecular formula is C14H23NO3S. The molecule has 0 bridgehead atoms. The number of carbonyl (C=O) groups excluding carboxylic acids is 1. The Morgan fingerprint density at radius 2 is 1.89 bits per heavy atom. The van der Waals surface area contributed by atoms with Gasteiger partial charge in [0.1, 0.15) is 0 Å². The van der Waals surface area contributed by atoms with Crippen molar-refractivity contribution in [1.29, 1.82) is 0 Å². The largest absolute Gasteiger partial charge is 0.481 e. The highest BCUT2D eigenvalue weighted by Gasteiger charge is 2.66. The van der Waals surface area contributed by atoms with Gasteiger partial charge in [-0.1, -0.05) is 13.8 Å². The maximum absolute atomic E-state index is 12.5. The Labute approximate surface area is 118 Å². The van der Waals surface area contributed by atoms with E-state index in [0.29, 0.717) is 5.25 Å². The molecule has 1 aliphatic carbocycles. The first kappa shape index (κ1) is 14.7. The molecule has 1 saturated carbocycles. The van der Waals surface area contributed by atoms with Crippen LogP contribution in [-0.2, 0) is 9.59 Å². The smallest absolute Gasteiger partial charge is 0.307 e. The minimum absolute atomic E-state index is 0.0548. The summed E-state index contributed by atoms with van der Waals surface area (Å²) in [5.74, 6) is -1.60. The summed E-state index contributed by atoms with van der Waals surface area (Å²) >= 11 is 1.87. The third-order valence-electron chi connectivity index (χ3n) is 4.68. The van der Waals surface area contributed by atoms with Gasteiger partial charge < -0.3 is 10.0 Å². The SMILES string of the molecule is CSC1CCCN(C(=O)[C@H]2[C@@H](C(=O)O)C2(C)C)CC1. The Kier molecular flexibility index (Phi) is 4.14. The predicted molar refractivity (Wildman–Crippen MR) is 76.1 cm³/mol. The first-order valence-corrected chi connectivity index (χ1v) is 8.22. The Morgan fingerprint density at radius 1 is 1.21 bits per heavy atom. The number of carboxylic acid groups (broad SMARTS) is 1. The first-order valence-electron chi connectivity index (χ1n) is 6.94. The number of amides is 1. The summed E-state index contributed by atoms with van der Waals surface area (Å²) in [6.07, 6.45) is 5.33. The van der Waals surface area contributed by atoms with E-state index in [4.69, 9.17) is 5.11 Å². The zero-order valence-electron chi connectivity index (χ0n) is 11.9. The highest BCUT2D eigenvalue weighted by atomic mass is 32.2. The topological polar surface area (TPSA) is 57.6 Å². The number of nitrogens with zero attached hydrogens (tertiary/aromatic N) is 1. The van der Waals surface area contributed by atoms with Gasteiger partial charge in [-0.15, -0.1) is 0 Å². The van der Waals surface area contributed by atoms with Crippen LogP contribution in [0.2, 0.25) is 0 Å². The summed E-state index contributed by atoms with van der Waals surface area (Å²) in [5.41, 5.74) is -0.381. The number of hydrogen-bond donors (Lipinski definition) is 1. The van der Waals surface area contributed by atoms with Gasteiger partial charge in [0, 0.05) is 18.3 Å². The van der Waals surface area contributed by atoms with E-state index in [0.717, 1.165) is 32.4 Å². The molecule has 2 aliphatic rings. The standard InChI is InChI=1S/C14H23NO3S/c1-14(2)10(11(14)13(17)18)12(16)15-7-4-5-9(19-3)6-8-15/h9-11H,4-8H2,1-3H3,(H,17,18)/t9?,10-,11+/m1/s1. The monoisotopic (exact) mass is 285 g/mol. The lowest BCUT2D eigenvalue weighted by molar-refractivity contribution is -0.142. The molecular weight excluding hydrogens is 262 g/mol. The number of carboxylic acids is 1. The van der Waals surface area contributed by atoms with Gasteiger partial charge in [-0.25, -0.2) is 0 Å². The molecule has 0 spiro atoms. The van der Waals surface area contributed by atoms with Crippen molar-refractivity contribution in [3.63, 3.8) is 0 Å². The van der Waals surface area contributed by atoms with Crippen LogP contribution in [-0.4, -0.2) is 46.5 Å². The number of hydrogen-bond acceptors (Lipinski definition) is 3. The van der Waals surface area contributed by atoms with Gasteiger partial charge in [-0.3, -0.25) is 9.59 Å². The number of likely N-dealkylation sites (tertiary alicyclic amines) is 1. The van der Waals surface area contributed by atoms with Crippen LogP contribution in [0.25, 0.3) is 0 Å². The molecule has 108 valence electrons. The van der Waals surface area contributed by atoms with Crippen LogP contribution >= 0.6 is 11.8 Å². The van der Waals surface area contributed by atoms with Crippen molar-refractivity contribution in [3.8, 4) is 0 Å². The minimum Gasteiger partial charge on any atom is -0.481 e. The summed E-state index contributed by atoms with van der Waals surface area (Å²) < 4.78 is 0. The van der Waals surface area contributed by atoms with Crippen LogP contribution < -0.4 is 0 Å². The van der Waals surface area contributed by atoms with Crippen molar-refractivity contribution in [3.05, 3.63) is 0 Å². The van der Waals surface area contributed by atoms with E-state index in [9.17, 15) is 9.59 Å². The zero-order valence-corrected chi connectivity index (χ0v) is 12.7. The second-order valence-electron chi connectivity index (χ2n) is 6.23. The molecule has 1 amide bonds. The summed E-state index contributed by atoms with van der Waals surface area (Å²) in [6, 6.07) is 0. The van der Waals surface area contributed by atoms with E-state index in [-0.39, 0.29) is 17.2 Å². The molecule has 2 fully saturated rings. The molecule has 1 N–H and O–H groups in total. The van der Waals surface area contributed by atoms with Crippen LogP contribution in [0.3, 0.4) is 0 Å². The van der Waals surface area contributed by atoms with Gasteiger partial charge in [0.15, 0.2) is 0 Å². The molecule has 0 radical (unpaired) electrons. The summed E-state index contributed by atoms with van der Waals surface area (Å²) in [7, 11) is 0. The predicted octanol–water partition coefficient (Wildman–Crippen LogP) is 2.09. The van der Waals surface area contributed by atoms with Crippen LogP contribution in [0.1, 0.15) is 33.1 Å². The number of carbonyl (C=O) groups is 2. The van der Waals surface area contributed by atoms with E-state index in [1.54, 1.807) is 0 Å². The zero-order chi connectivity index (χ0) is 14.2. The van der Waals surface area contributed by atoms with Gasteiger partial charge in [0.05, 0.1) is 11.8 Å². The third kappa shape index (κ3) is 2.76. The minimum atomic E-state index is -0.833. The molecule has 4 nitrogen and oxygen atoms in total. The Bertz CT molecular complexity index is 383. The van der Waals surface area contributed by atoms with E-state index in [1.807, 2.05) is 30.5 Å². The molecule has 1 heterocycles. The van der Waals surface area contributed by atoms with Crippen LogP contribution in [0.15, 0.2) is 0 Å². The fourth-order valence-electron chi connectivity index (χ4n) is 3.28. The van der Waals surface area contributed by atoms with Crippen molar-refractivity contribution in [2.24, 2.45) is 17.3 Å². The van der Waals surface area contributed by atoms with Gasteiger partial charge in [-0.2, -0.15) is 11.8 Å². The lowest BCUT2D eigenvalue weighted by atomic mass is 10.1. The van der Waals surface area contributed by atoms with Crippen molar-refractivity contribution in [2.75, 3.05) is 19.3 Å². The molecule has 1 saturated heterocycles. The number of thioether (sulfide) groups is 1. The first-order chi connectivity index (χ1) is 8.89. The van der Waals surface area contributed by atoms with Crippen LogP contribution in [0, 0.1) is 17.3 Å². The molecule has 1 aliphatic heterocycles. The lowest BCUT2D eigenvalue weighted by Crippen LogP contribution is -2.34. The van der Waals surface area contributed by atoms with E-state index in [1.165, 1.54) is 0 Å². The molecule has 0 aromatic heterocycles. The van der Waals surface area contributed by atoms with Crippen molar-refractivity contribution < 1.29 is 14.7 Å². The van der Waals surface area contributed by atoms with Crippen molar-refractivity contribution in [1.82, 2.24) is 4.90 Å². The van der Waals surface area contributed by atoms with E-state index >= 15 is 0 Å². The van der Waals surface area contributed by atoms with Crippen molar-refractivity contribution >= 4 is 23.6 Å². The summed E-state index contributed by atoms with van der Waals surface area (Å²) in [5, 5.41) is 9.81. The number of aliphatic carboxylic acids is 1. The molecule has 0 aromatic carbocycles. The fourth-order valence-corrected chi connectivity index (χ4v) is 4.02.